The van der Waals surface area contributed by atoms with Crippen LogP contribution < -0.4 is 10.9 Å². The summed E-state index contributed by atoms with van der Waals surface area (Å²) in [7, 11) is 0. The van der Waals surface area contributed by atoms with Gasteiger partial charge >= 0.3 is 0 Å². The van der Waals surface area contributed by atoms with Crippen LogP contribution in [0.4, 0.5) is 5.69 Å². The number of rotatable bonds is 5. The summed E-state index contributed by atoms with van der Waals surface area (Å²) in [5, 5.41) is 3.49. The number of anilines is 1. The lowest BCUT2D eigenvalue weighted by atomic mass is 10.1. The maximum absolute atomic E-state index is 11.9. The maximum atomic E-state index is 11.9. The Bertz CT molecular complexity index is 677. The summed E-state index contributed by atoms with van der Waals surface area (Å²) in [5.74, 6) is -0.0775. The fourth-order valence-electron chi connectivity index (χ4n) is 1.98. The van der Waals surface area contributed by atoms with Crippen LogP contribution in [-0.2, 0) is 17.8 Å². The molecule has 0 saturated carbocycles. The van der Waals surface area contributed by atoms with Gasteiger partial charge in [-0.3, -0.25) is 9.59 Å². The van der Waals surface area contributed by atoms with Crippen LogP contribution in [0.5, 0.6) is 0 Å². The van der Waals surface area contributed by atoms with Gasteiger partial charge in [-0.05, 0) is 37.1 Å². The van der Waals surface area contributed by atoms with Crippen molar-refractivity contribution < 1.29 is 4.79 Å². The van der Waals surface area contributed by atoms with E-state index in [1.54, 1.807) is 16.8 Å². The molecule has 0 saturated heterocycles. The quantitative estimate of drug-likeness (QED) is 0.923. The Labute approximate surface area is 128 Å². The van der Waals surface area contributed by atoms with Crippen LogP contribution in [0.15, 0.2) is 47.4 Å². The van der Waals surface area contributed by atoms with Crippen LogP contribution in [0, 0.1) is 0 Å². The zero-order valence-electron chi connectivity index (χ0n) is 11.8. The Morgan fingerprint density at radius 3 is 2.57 bits per heavy atom. The molecule has 4 nitrogen and oxygen atoms in total. The van der Waals surface area contributed by atoms with Crippen LogP contribution in [0.1, 0.15) is 18.9 Å². The van der Waals surface area contributed by atoms with Gasteiger partial charge in [0.2, 0.25) is 5.91 Å². The third kappa shape index (κ3) is 4.46. The molecule has 0 radical (unpaired) electrons. The van der Waals surface area contributed by atoms with Gasteiger partial charge in [-0.15, -0.1) is 0 Å². The molecule has 2 rings (SSSR count). The van der Waals surface area contributed by atoms with E-state index in [1.165, 1.54) is 6.07 Å². The first kappa shape index (κ1) is 15.3. The maximum Gasteiger partial charge on any atom is 0.250 e. The van der Waals surface area contributed by atoms with E-state index < -0.39 is 0 Å². The summed E-state index contributed by atoms with van der Waals surface area (Å²) in [6, 6.07) is 10.5. The molecule has 5 heteroatoms. The summed E-state index contributed by atoms with van der Waals surface area (Å²) >= 11 is 5.82. The summed E-state index contributed by atoms with van der Waals surface area (Å²) in [5.41, 5.74) is 1.63. The van der Waals surface area contributed by atoms with Crippen molar-refractivity contribution in [2.45, 2.75) is 26.3 Å². The molecule has 1 N–H and O–H groups in total. The molecule has 1 aromatic heterocycles. The van der Waals surface area contributed by atoms with Crippen LogP contribution in [-0.4, -0.2) is 10.5 Å². The molecule has 110 valence electrons. The fraction of sp³-hybridized carbons (Fsp3) is 0.250. The van der Waals surface area contributed by atoms with E-state index in [0.29, 0.717) is 30.1 Å². The number of nitrogens with zero attached hydrogens (tertiary/aromatic N) is 1. The van der Waals surface area contributed by atoms with Crippen LogP contribution in [0.25, 0.3) is 0 Å². The Balaban J connectivity index is 1.92. The number of pyridine rings is 1. The molecule has 0 atom stereocenters. The molecule has 0 bridgehead atoms. The van der Waals surface area contributed by atoms with Crippen LogP contribution in [0.2, 0.25) is 5.02 Å². The molecule has 0 spiro atoms. The number of benzene rings is 1. The van der Waals surface area contributed by atoms with E-state index >= 15 is 0 Å². The Kier molecular flexibility index (Phi) is 5.17. The molecule has 1 aromatic carbocycles. The minimum atomic E-state index is -0.0775. The smallest absolute Gasteiger partial charge is 0.250 e. The molecular weight excluding hydrogens is 288 g/mol. The predicted molar refractivity (Wildman–Crippen MR) is 84.8 cm³/mol. The number of amides is 1. The lowest BCUT2D eigenvalue weighted by Crippen LogP contribution is -2.19. The zero-order chi connectivity index (χ0) is 15.2. The van der Waals surface area contributed by atoms with Gasteiger partial charge in [0, 0.05) is 30.3 Å². The summed E-state index contributed by atoms with van der Waals surface area (Å²) < 4.78 is 1.55. The molecule has 0 unspecified atom stereocenters. The largest absolute Gasteiger partial charge is 0.325 e. The Hall–Kier alpha value is -2.07. The molecular formula is C16H17ClN2O2. The number of carbonyl (C=O) groups is 1. The topological polar surface area (TPSA) is 51.1 Å². The van der Waals surface area contributed by atoms with Gasteiger partial charge in [0.15, 0.2) is 0 Å². The van der Waals surface area contributed by atoms with Crippen molar-refractivity contribution in [3.63, 3.8) is 0 Å². The van der Waals surface area contributed by atoms with Crippen molar-refractivity contribution in [1.29, 1.82) is 0 Å². The average molecular weight is 305 g/mol. The predicted octanol–water partition coefficient (Wildman–Crippen LogP) is 3.09. The third-order valence-corrected chi connectivity index (χ3v) is 3.41. The highest BCUT2D eigenvalue weighted by Gasteiger charge is 2.04. The second-order valence-electron chi connectivity index (χ2n) is 4.72. The number of nitrogens with one attached hydrogen (secondary N) is 1. The number of aryl methyl sites for hydroxylation is 2. The molecule has 2 aromatic rings. The molecule has 0 fully saturated rings. The van der Waals surface area contributed by atoms with Gasteiger partial charge in [0.25, 0.3) is 5.56 Å². The Morgan fingerprint density at radius 1 is 1.19 bits per heavy atom. The first-order valence-corrected chi connectivity index (χ1v) is 7.21. The molecule has 1 heterocycles. The minimum Gasteiger partial charge on any atom is -0.325 e. The van der Waals surface area contributed by atoms with Gasteiger partial charge in [0.1, 0.15) is 0 Å². The number of hydrogen-bond donors (Lipinski definition) is 1. The van der Waals surface area contributed by atoms with E-state index in [4.69, 9.17) is 11.6 Å². The van der Waals surface area contributed by atoms with Crippen molar-refractivity contribution in [2.75, 3.05) is 5.32 Å². The van der Waals surface area contributed by atoms with Crippen molar-refractivity contribution in [1.82, 2.24) is 4.57 Å². The van der Waals surface area contributed by atoms with E-state index in [9.17, 15) is 9.59 Å². The van der Waals surface area contributed by atoms with Crippen LogP contribution in [0.3, 0.4) is 0 Å². The van der Waals surface area contributed by atoms with Gasteiger partial charge < -0.3 is 9.88 Å². The summed E-state index contributed by atoms with van der Waals surface area (Å²) in [6.45, 7) is 2.46. The fourth-order valence-corrected chi connectivity index (χ4v) is 2.11. The number of hydrogen-bond acceptors (Lipinski definition) is 2. The molecule has 0 aliphatic rings. The van der Waals surface area contributed by atoms with Gasteiger partial charge in [-0.25, -0.2) is 0 Å². The zero-order valence-corrected chi connectivity index (χ0v) is 12.6. The van der Waals surface area contributed by atoms with Crippen molar-refractivity contribution in [2.24, 2.45) is 0 Å². The normalized spacial score (nSPS) is 10.4. The van der Waals surface area contributed by atoms with E-state index in [-0.39, 0.29) is 11.5 Å². The highest BCUT2D eigenvalue weighted by atomic mass is 35.5. The number of carbonyl (C=O) groups excluding carboxylic acids is 1. The first-order chi connectivity index (χ1) is 10.1. The van der Waals surface area contributed by atoms with Crippen molar-refractivity contribution >= 4 is 23.2 Å². The average Bonchev–Trinajstić information content (AvgIpc) is 2.48. The van der Waals surface area contributed by atoms with Gasteiger partial charge in [0.05, 0.1) is 5.69 Å². The third-order valence-electron chi connectivity index (χ3n) is 3.16. The minimum absolute atomic E-state index is 0.0725. The van der Waals surface area contributed by atoms with E-state index in [0.717, 1.165) is 5.56 Å². The Morgan fingerprint density at radius 2 is 1.90 bits per heavy atom. The lowest BCUT2D eigenvalue weighted by molar-refractivity contribution is -0.116. The number of halogens is 1. The molecule has 0 aliphatic carbocycles. The van der Waals surface area contributed by atoms with Crippen molar-refractivity contribution in [3.8, 4) is 0 Å². The highest BCUT2D eigenvalue weighted by Crippen LogP contribution is 2.11. The standard InChI is InChI=1S/C16H17ClN2O2/c1-2-19-11-14(8-10-16(19)21)18-15(20)9-5-12-3-6-13(17)7-4-12/h3-4,6-8,10-11H,2,5,9H2,1H3,(H,18,20). The molecule has 21 heavy (non-hydrogen) atoms. The SMILES string of the molecule is CCn1cc(NC(=O)CCc2ccc(Cl)cc2)ccc1=O. The summed E-state index contributed by atoms with van der Waals surface area (Å²) in [6.07, 6.45) is 2.69. The van der Waals surface area contributed by atoms with E-state index in [1.807, 2.05) is 31.2 Å². The monoisotopic (exact) mass is 304 g/mol. The second kappa shape index (κ2) is 7.09. The highest BCUT2D eigenvalue weighted by molar-refractivity contribution is 6.30. The van der Waals surface area contributed by atoms with Gasteiger partial charge in [-0.1, -0.05) is 23.7 Å². The second-order valence-corrected chi connectivity index (χ2v) is 5.15. The van der Waals surface area contributed by atoms with E-state index in [2.05, 4.69) is 5.32 Å². The lowest BCUT2D eigenvalue weighted by Gasteiger charge is -2.08. The summed E-state index contributed by atoms with van der Waals surface area (Å²) in [4.78, 5) is 23.4. The molecule has 0 aliphatic heterocycles. The van der Waals surface area contributed by atoms with Crippen molar-refractivity contribution in [3.05, 3.63) is 63.5 Å². The first-order valence-electron chi connectivity index (χ1n) is 6.83. The molecule has 1 amide bonds. The number of aromatic nitrogens is 1. The van der Waals surface area contributed by atoms with Gasteiger partial charge in [-0.2, -0.15) is 0 Å². The van der Waals surface area contributed by atoms with Crippen LogP contribution >= 0.6 is 11.6 Å².